The zero-order valence-electron chi connectivity index (χ0n) is 15.8. The van der Waals surface area contributed by atoms with Gasteiger partial charge in [0.1, 0.15) is 5.82 Å². The van der Waals surface area contributed by atoms with Crippen molar-refractivity contribution >= 4 is 5.78 Å². The van der Waals surface area contributed by atoms with Crippen molar-refractivity contribution in [3.8, 4) is 22.6 Å². The van der Waals surface area contributed by atoms with Crippen LogP contribution in [0.1, 0.15) is 21.6 Å². The maximum atomic E-state index is 12.9. The summed E-state index contributed by atoms with van der Waals surface area (Å²) in [5, 5.41) is 0. The van der Waals surface area contributed by atoms with E-state index in [1.165, 1.54) is 12.1 Å². The number of H-pyrrole nitrogens is 1. The van der Waals surface area contributed by atoms with Crippen LogP contribution in [0.4, 0.5) is 13.2 Å². The number of alkyl halides is 3. The Hall–Kier alpha value is -3.67. The second-order valence-electron chi connectivity index (χ2n) is 6.82. The fourth-order valence-electron chi connectivity index (χ4n) is 3.21. The highest BCUT2D eigenvalue weighted by Gasteiger charge is 2.30. The number of nitrogens with one attached hydrogen (secondary N) is 1. The van der Waals surface area contributed by atoms with E-state index in [4.69, 9.17) is 0 Å². The van der Waals surface area contributed by atoms with E-state index in [2.05, 4.69) is 9.97 Å². The Morgan fingerprint density at radius 1 is 0.800 bits per heavy atom. The summed E-state index contributed by atoms with van der Waals surface area (Å²) in [5.41, 5.74) is 2.42. The summed E-state index contributed by atoms with van der Waals surface area (Å²) in [6.45, 7) is 0. The molecule has 3 nitrogen and oxygen atoms in total. The maximum Gasteiger partial charge on any atom is 0.416 e. The first-order chi connectivity index (χ1) is 14.4. The van der Waals surface area contributed by atoms with Gasteiger partial charge in [-0.05, 0) is 12.1 Å². The highest BCUT2D eigenvalue weighted by atomic mass is 19.4. The van der Waals surface area contributed by atoms with Gasteiger partial charge in [0.2, 0.25) is 0 Å². The summed E-state index contributed by atoms with van der Waals surface area (Å²) in [6.07, 6.45) is -4.30. The molecule has 0 fully saturated rings. The first-order valence-electron chi connectivity index (χ1n) is 9.32. The van der Waals surface area contributed by atoms with Crippen LogP contribution in [0.25, 0.3) is 22.6 Å². The number of hydrogen-bond donors (Lipinski definition) is 1. The summed E-state index contributed by atoms with van der Waals surface area (Å²) in [4.78, 5) is 20.5. The van der Waals surface area contributed by atoms with E-state index in [9.17, 15) is 18.0 Å². The molecule has 0 atom stereocenters. The Kier molecular flexibility index (Phi) is 5.23. The molecule has 0 saturated heterocycles. The van der Waals surface area contributed by atoms with Gasteiger partial charge in [0.25, 0.3) is 0 Å². The van der Waals surface area contributed by atoms with Crippen LogP contribution in [0.3, 0.4) is 0 Å². The van der Waals surface area contributed by atoms with Crippen LogP contribution in [-0.4, -0.2) is 15.8 Å². The number of carbonyl (C=O) groups excluding carboxylic acids is 1. The van der Waals surface area contributed by atoms with Gasteiger partial charge >= 0.3 is 6.18 Å². The van der Waals surface area contributed by atoms with E-state index < -0.39 is 11.7 Å². The van der Waals surface area contributed by atoms with Crippen LogP contribution < -0.4 is 0 Å². The quantitative estimate of drug-likeness (QED) is 0.402. The van der Waals surface area contributed by atoms with E-state index >= 15 is 0 Å². The highest BCUT2D eigenvalue weighted by molar-refractivity contribution is 5.98. The van der Waals surface area contributed by atoms with Gasteiger partial charge < -0.3 is 4.98 Å². The number of aromatic nitrogens is 2. The number of Topliss-reactive ketones (excluding diaryl/α,β-unsaturated/α-hetero) is 1. The van der Waals surface area contributed by atoms with Gasteiger partial charge in [0.05, 0.1) is 23.4 Å². The van der Waals surface area contributed by atoms with E-state index in [1.54, 1.807) is 24.3 Å². The third-order valence-corrected chi connectivity index (χ3v) is 4.74. The van der Waals surface area contributed by atoms with Crippen LogP contribution in [-0.2, 0) is 12.6 Å². The van der Waals surface area contributed by atoms with Crippen LogP contribution in [0, 0.1) is 0 Å². The second kappa shape index (κ2) is 7.99. The number of rotatable bonds is 5. The van der Waals surface area contributed by atoms with Crippen molar-refractivity contribution in [1.82, 2.24) is 9.97 Å². The van der Waals surface area contributed by atoms with Crippen LogP contribution in [0.15, 0.2) is 84.9 Å². The van der Waals surface area contributed by atoms with Crippen molar-refractivity contribution in [2.24, 2.45) is 0 Å². The van der Waals surface area contributed by atoms with Gasteiger partial charge in [-0.15, -0.1) is 0 Å². The lowest BCUT2D eigenvalue weighted by atomic mass is 10.0. The minimum atomic E-state index is -4.40. The molecule has 30 heavy (non-hydrogen) atoms. The zero-order valence-corrected chi connectivity index (χ0v) is 15.8. The molecule has 3 aromatic carbocycles. The lowest BCUT2D eigenvalue weighted by Crippen LogP contribution is -2.05. The molecule has 0 unspecified atom stereocenters. The first-order valence-corrected chi connectivity index (χ1v) is 9.32. The Labute approximate surface area is 171 Å². The van der Waals surface area contributed by atoms with E-state index in [-0.39, 0.29) is 12.2 Å². The van der Waals surface area contributed by atoms with Gasteiger partial charge in [-0.1, -0.05) is 72.8 Å². The second-order valence-corrected chi connectivity index (χ2v) is 6.82. The number of aromatic amines is 1. The van der Waals surface area contributed by atoms with Crippen LogP contribution in [0.2, 0.25) is 0 Å². The molecule has 0 aliphatic carbocycles. The average molecular weight is 406 g/mol. The van der Waals surface area contributed by atoms with Gasteiger partial charge in [-0.2, -0.15) is 13.2 Å². The van der Waals surface area contributed by atoms with Crippen molar-refractivity contribution in [2.45, 2.75) is 12.6 Å². The molecule has 150 valence electrons. The van der Waals surface area contributed by atoms with Crippen molar-refractivity contribution in [3.05, 3.63) is 102 Å². The van der Waals surface area contributed by atoms with Crippen molar-refractivity contribution < 1.29 is 18.0 Å². The fraction of sp³-hybridized carbons (Fsp3) is 0.0833. The lowest BCUT2D eigenvalue weighted by Gasteiger charge is -2.06. The molecule has 1 N–H and O–H groups in total. The highest BCUT2D eigenvalue weighted by Crippen LogP contribution is 2.32. The monoisotopic (exact) mass is 406 g/mol. The number of hydrogen-bond acceptors (Lipinski definition) is 2. The standard InChI is InChI=1S/C24H17F3N2O/c25-24(26,27)19-13-11-18(12-14-19)23-28-20(15-21(30)16-7-3-1-4-8-16)22(29-23)17-9-5-2-6-10-17/h1-14H,15H2,(H,28,29). The Morgan fingerprint density at radius 2 is 1.40 bits per heavy atom. The van der Waals surface area contributed by atoms with Crippen molar-refractivity contribution in [2.75, 3.05) is 0 Å². The predicted octanol–water partition coefficient (Wildman–Crippen LogP) is 6.19. The predicted molar refractivity (Wildman–Crippen MR) is 109 cm³/mol. The summed E-state index contributed by atoms with van der Waals surface area (Å²) < 4.78 is 38.6. The molecule has 6 heteroatoms. The smallest absolute Gasteiger partial charge is 0.341 e. The summed E-state index contributed by atoms with van der Waals surface area (Å²) in [5.74, 6) is 0.342. The summed E-state index contributed by atoms with van der Waals surface area (Å²) in [6, 6.07) is 23.1. The molecule has 4 aromatic rings. The topological polar surface area (TPSA) is 45.8 Å². The van der Waals surface area contributed by atoms with Crippen molar-refractivity contribution in [3.63, 3.8) is 0 Å². The average Bonchev–Trinajstić information content (AvgIpc) is 3.18. The minimum Gasteiger partial charge on any atom is -0.341 e. The molecular weight excluding hydrogens is 389 g/mol. The number of halogens is 3. The molecular formula is C24H17F3N2O. The number of carbonyl (C=O) groups is 1. The Bertz CT molecular complexity index is 1150. The number of nitrogens with zero attached hydrogens (tertiary/aromatic N) is 1. The van der Waals surface area contributed by atoms with Gasteiger partial charge in [-0.25, -0.2) is 4.98 Å². The Balaban J connectivity index is 1.72. The first kappa shape index (κ1) is 19.6. The molecule has 0 saturated carbocycles. The molecule has 0 aliphatic heterocycles. The van der Waals surface area contributed by atoms with Crippen LogP contribution in [0.5, 0.6) is 0 Å². The van der Waals surface area contributed by atoms with Gasteiger partial charge in [0.15, 0.2) is 5.78 Å². The van der Waals surface area contributed by atoms with Crippen molar-refractivity contribution in [1.29, 1.82) is 0 Å². The van der Waals surface area contributed by atoms with E-state index in [1.807, 2.05) is 36.4 Å². The van der Waals surface area contributed by atoms with Gasteiger partial charge in [-0.3, -0.25) is 4.79 Å². The Morgan fingerprint density at radius 3 is 2.00 bits per heavy atom. The SMILES string of the molecule is O=C(Cc1[nH]c(-c2ccc(C(F)(F)F)cc2)nc1-c1ccccc1)c1ccccc1. The van der Waals surface area contributed by atoms with Crippen LogP contribution >= 0.6 is 0 Å². The molecule has 0 spiro atoms. The third kappa shape index (κ3) is 4.17. The van der Waals surface area contributed by atoms with E-state index in [0.717, 1.165) is 17.7 Å². The maximum absolute atomic E-state index is 12.9. The third-order valence-electron chi connectivity index (χ3n) is 4.74. The van der Waals surface area contributed by atoms with E-state index in [0.29, 0.717) is 28.3 Å². The number of ketones is 1. The normalized spacial score (nSPS) is 11.4. The molecule has 4 rings (SSSR count). The molecule has 1 heterocycles. The summed E-state index contributed by atoms with van der Waals surface area (Å²) >= 11 is 0. The largest absolute Gasteiger partial charge is 0.416 e. The summed E-state index contributed by atoms with van der Waals surface area (Å²) in [7, 11) is 0. The number of imidazole rings is 1. The molecule has 0 bridgehead atoms. The minimum absolute atomic E-state index is 0.0737. The zero-order chi connectivity index (χ0) is 21.1. The van der Waals surface area contributed by atoms with Gasteiger partial charge in [0, 0.05) is 16.7 Å². The molecule has 0 aliphatic rings. The molecule has 1 aromatic heterocycles. The molecule has 0 amide bonds. The fourth-order valence-corrected chi connectivity index (χ4v) is 3.21. The molecule has 0 radical (unpaired) electrons. The lowest BCUT2D eigenvalue weighted by molar-refractivity contribution is -0.137. The number of benzene rings is 3.